The number of morpholine rings is 1. The van der Waals surface area contributed by atoms with Crippen molar-refractivity contribution >= 4 is 22.4 Å². The summed E-state index contributed by atoms with van der Waals surface area (Å²) in [6, 6.07) is 0.329. The van der Waals surface area contributed by atoms with Gasteiger partial charge in [-0.15, -0.1) is 0 Å². The zero-order chi connectivity index (χ0) is 14.8. The van der Waals surface area contributed by atoms with E-state index in [4.69, 9.17) is 9.47 Å². The third kappa shape index (κ3) is 2.90. The molecule has 116 valence electrons. The molecule has 0 amide bonds. The van der Waals surface area contributed by atoms with Gasteiger partial charge >= 0.3 is 5.97 Å². The van der Waals surface area contributed by atoms with Gasteiger partial charge in [0.25, 0.3) is 0 Å². The SMILES string of the molecule is COCc1nc(N2CCOC3CCCCC32)sc1C(=O)O. The molecular weight excluding hydrogens is 292 g/mol. The molecule has 2 unspecified atom stereocenters. The van der Waals surface area contributed by atoms with Crippen molar-refractivity contribution in [1.82, 2.24) is 4.98 Å². The number of methoxy groups -OCH3 is 1. The van der Waals surface area contributed by atoms with E-state index in [1.54, 1.807) is 7.11 Å². The number of ether oxygens (including phenoxy) is 2. The van der Waals surface area contributed by atoms with Crippen LogP contribution >= 0.6 is 11.3 Å². The second-order valence-electron chi connectivity index (χ2n) is 5.46. The lowest BCUT2D eigenvalue weighted by Gasteiger charge is -2.43. The van der Waals surface area contributed by atoms with Crippen molar-refractivity contribution in [2.75, 3.05) is 25.2 Å². The Balaban J connectivity index is 1.88. The molecule has 0 spiro atoms. The molecule has 6 nitrogen and oxygen atoms in total. The summed E-state index contributed by atoms with van der Waals surface area (Å²) >= 11 is 1.25. The van der Waals surface area contributed by atoms with Gasteiger partial charge < -0.3 is 19.5 Å². The molecular formula is C14H20N2O4S. The third-order valence-corrected chi connectivity index (χ3v) is 5.26. The minimum atomic E-state index is -0.931. The number of aromatic carboxylic acids is 1. The van der Waals surface area contributed by atoms with E-state index in [0.717, 1.165) is 24.5 Å². The van der Waals surface area contributed by atoms with Crippen LogP contribution in [0.3, 0.4) is 0 Å². The summed E-state index contributed by atoms with van der Waals surface area (Å²) in [5.41, 5.74) is 0.517. The van der Waals surface area contributed by atoms with Crippen LogP contribution in [-0.4, -0.2) is 48.5 Å². The van der Waals surface area contributed by atoms with Gasteiger partial charge in [0.15, 0.2) is 5.13 Å². The smallest absolute Gasteiger partial charge is 0.347 e. The van der Waals surface area contributed by atoms with Crippen molar-refractivity contribution < 1.29 is 19.4 Å². The summed E-state index contributed by atoms with van der Waals surface area (Å²) in [5.74, 6) is -0.931. The molecule has 1 saturated carbocycles. The van der Waals surface area contributed by atoms with Gasteiger partial charge in [0.1, 0.15) is 4.88 Å². The van der Waals surface area contributed by atoms with E-state index in [1.165, 1.54) is 24.2 Å². The Hall–Kier alpha value is -1.18. The molecule has 1 aliphatic heterocycles. The fourth-order valence-corrected chi connectivity index (χ4v) is 4.19. The molecule has 2 heterocycles. The number of rotatable bonds is 4. The van der Waals surface area contributed by atoms with Crippen LogP contribution in [0.2, 0.25) is 0 Å². The Morgan fingerprint density at radius 2 is 2.33 bits per heavy atom. The topological polar surface area (TPSA) is 71.9 Å². The summed E-state index contributed by atoms with van der Waals surface area (Å²) in [6.45, 7) is 1.69. The summed E-state index contributed by atoms with van der Waals surface area (Å²) in [4.78, 5) is 18.4. The average Bonchev–Trinajstić information content (AvgIpc) is 2.91. The number of hydrogen-bond donors (Lipinski definition) is 1. The van der Waals surface area contributed by atoms with Gasteiger partial charge in [0.05, 0.1) is 31.1 Å². The van der Waals surface area contributed by atoms with Gasteiger partial charge in [0.2, 0.25) is 0 Å². The molecule has 3 rings (SSSR count). The number of carboxylic acid groups (broad SMARTS) is 1. The zero-order valence-corrected chi connectivity index (χ0v) is 12.9. The van der Waals surface area contributed by atoms with Crippen LogP contribution < -0.4 is 4.90 Å². The van der Waals surface area contributed by atoms with E-state index in [0.29, 0.717) is 18.3 Å². The van der Waals surface area contributed by atoms with Gasteiger partial charge in [-0.1, -0.05) is 24.2 Å². The van der Waals surface area contributed by atoms with Gasteiger partial charge in [0, 0.05) is 13.7 Å². The standard InChI is InChI=1S/C14H20N2O4S/c1-19-8-9-12(13(17)18)21-14(15-9)16-6-7-20-11-5-3-2-4-10(11)16/h10-11H,2-8H2,1H3,(H,17,18). The largest absolute Gasteiger partial charge is 0.477 e. The van der Waals surface area contributed by atoms with Crippen molar-refractivity contribution in [3.8, 4) is 0 Å². The number of hydrogen-bond acceptors (Lipinski definition) is 6. The maximum Gasteiger partial charge on any atom is 0.347 e. The Labute approximate surface area is 127 Å². The van der Waals surface area contributed by atoms with E-state index >= 15 is 0 Å². The first-order chi connectivity index (χ1) is 10.2. The first-order valence-corrected chi connectivity index (χ1v) is 8.12. The first kappa shape index (κ1) is 14.7. The number of fused-ring (bicyclic) bond motifs is 1. The van der Waals surface area contributed by atoms with Crippen molar-refractivity contribution in [3.63, 3.8) is 0 Å². The second kappa shape index (κ2) is 6.29. The van der Waals surface area contributed by atoms with Crippen LogP contribution in [-0.2, 0) is 16.1 Å². The molecule has 1 N–H and O–H groups in total. The number of thiazole rings is 1. The molecule has 1 aromatic heterocycles. The van der Waals surface area contributed by atoms with Crippen LogP contribution in [0.5, 0.6) is 0 Å². The minimum Gasteiger partial charge on any atom is -0.477 e. The molecule has 0 bridgehead atoms. The maximum absolute atomic E-state index is 11.3. The predicted octanol–water partition coefficient (Wildman–Crippen LogP) is 2.14. The number of aromatic nitrogens is 1. The lowest BCUT2D eigenvalue weighted by molar-refractivity contribution is -0.00871. The summed E-state index contributed by atoms with van der Waals surface area (Å²) in [6.07, 6.45) is 4.84. The second-order valence-corrected chi connectivity index (χ2v) is 6.44. The molecule has 1 aromatic rings. The number of anilines is 1. The molecule has 1 saturated heterocycles. The highest BCUT2D eigenvalue weighted by molar-refractivity contribution is 7.17. The van der Waals surface area contributed by atoms with Crippen LogP contribution in [0, 0.1) is 0 Å². The van der Waals surface area contributed by atoms with Gasteiger partial charge in [-0.3, -0.25) is 0 Å². The highest BCUT2D eigenvalue weighted by Gasteiger charge is 2.36. The quantitative estimate of drug-likeness (QED) is 0.918. The molecule has 2 fully saturated rings. The van der Waals surface area contributed by atoms with Gasteiger partial charge in [-0.05, 0) is 12.8 Å². The van der Waals surface area contributed by atoms with Crippen molar-refractivity contribution in [3.05, 3.63) is 10.6 Å². The summed E-state index contributed by atoms with van der Waals surface area (Å²) in [7, 11) is 1.55. The molecule has 1 aliphatic carbocycles. The molecule has 2 aliphatic rings. The summed E-state index contributed by atoms with van der Waals surface area (Å²) in [5, 5.41) is 10.1. The Morgan fingerprint density at radius 1 is 1.52 bits per heavy atom. The lowest BCUT2D eigenvalue weighted by atomic mass is 9.90. The third-order valence-electron chi connectivity index (χ3n) is 4.14. The number of carbonyl (C=O) groups is 1. The summed E-state index contributed by atoms with van der Waals surface area (Å²) < 4.78 is 10.9. The molecule has 0 radical (unpaired) electrons. The van der Waals surface area contributed by atoms with E-state index in [2.05, 4.69) is 9.88 Å². The van der Waals surface area contributed by atoms with E-state index in [-0.39, 0.29) is 17.6 Å². The average molecular weight is 312 g/mol. The Morgan fingerprint density at radius 3 is 3.10 bits per heavy atom. The highest BCUT2D eigenvalue weighted by atomic mass is 32.1. The highest BCUT2D eigenvalue weighted by Crippen LogP contribution is 2.35. The Kier molecular flexibility index (Phi) is 4.42. The number of nitrogens with zero attached hydrogens (tertiary/aromatic N) is 2. The van der Waals surface area contributed by atoms with E-state index < -0.39 is 5.97 Å². The lowest BCUT2D eigenvalue weighted by Crippen LogP contribution is -2.52. The van der Waals surface area contributed by atoms with Crippen LogP contribution in [0.15, 0.2) is 0 Å². The van der Waals surface area contributed by atoms with Crippen molar-refractivity contribution in [1.29, 1.82) is 0 Å². The molecule has 2 atom stereocenters. The molecule has 0 aromatic carbocycles. The van der Waals surface area contributed by atoms with E-state index in [1.807, 2.05) is 0 Å². The van der Waals surface area contributed by atoms with Gasteiger partial charge in [-0.25, -0.2) is 9.78 Å². The molecule has 21 heavy (non-hydrogen) atoms. The monoisotopic (exact) mass is 312 g/mol. The Bertz CT molecular complexity index is 517. The van der Waals surface area contributed by atoms with Crippen LogP contribution in [0.1, 0.15) is 41.0 Å². The maximum atomic E-state index is 11.3. The van der Waals surface area contributed by atoms with Crippen molar-refractivity contribution in [2.24, 2.45) is 0 Å². The number of carboxylic acids is 1. The zero-order valence-electron chi connectivity index (χ0n) is 12.1. The van der Waals surface area contributed by atoms with E-state index in [9.17, 15) is 9.90 Å². The van der Waals surface area contributed by atoms with Crippen molar-refractivity contribution in [2.45, 2.75) is 44.4 Å². The normalized spacial score (nSPS) is 25.7. The first-order valence-electron chi connectivity index (χ1n) is 7.31. The van der Waals surface area contributed by atoms with Crippen LogP contribution in [0.4, 0.5) is 5.13 Å². The minimum absolute atomic E-state index is 0.233. The predicted molar refractivity (Wildman–Crippen MR) is 79.1 cm³/mol. The molecule has 7 heteroatoms. The van der Waals surface area contributed by atoms with Gasteiger partial charge in [-0.2, -0.15) is 0 Å². The van der Waals surface area contributed by atoms with Crippen LogP contribution in [0.25, 0.3) is 0 Å². The fourth-order valence-electron chi connectivity index (χ4n) is 3.20. The fraction of sp³-hybridized carbons (Fsp3) is 0.714.